The first-order valence-corrected chi connectivity index (χ1v) is 11.3. The standard InChI is InChI=1S/C25H20N10/c26-14-12-35(13-14)22-11-27-9-21(30-22)19-8-16-20(10-29-19)33-34-24(16)25-31-18-6-3-4-15(23(18)32-25)17-5-1-2-7-28-17/h1-11,14H,12-13,26H2,(H,31,32)(H,33,34). The van der Waals surface area contributed by atoms with E-state index in [1.807, 2.05) is 42.5 Å². The Labute approximate surface area is 199 Å². The van der Waals surface area contributed by atoms with Crippen LogP contribution in [0, 0.1) is 0 Å². The lowest BCUT2D eigenvalue weighted by Gasteiger charge is -2.37. The van der Waals surface area contributed by atoms with Crippen molar-refractivity contribution in [1.82, 2.24) is 40.1 Å². The van der Waals surface area contributed by atoms with Gasteiger partial charge in [0.15, 0.2) is 5.82 Å². The number of pyridine rings is 2. The Morgan fingerprint density at radius 2 is 1.83 bits per heavy atom. The minimum absolute atomic E-state index is 0.186. The van der Waals surface area contributed by atoms with Crippen LogP contribution in [0.5, 0.6) is 0 Å². The maximum absolute atomic E-state index is 5.92. The molecule has 10 heteroatoms. The number of anilines is 1. The molecule has 1 aromatic carbocycles. The lowest BCUT2D eigenvalue weighted by atomic mass is 10.1. The van der Waals surface area contributed by atoms with Crippen LogP contribution in [0.3, 0.4) is 0 Å². The molecule has 0 bridgehead atoms. The number of imidazole rings is 1. The number of nitrogens with two attached hydrogens (primary N) is 1. The molecule has 0 amide bonds. The number of benzene rings is 1. The van der Waals surface area contributed by atoms with Gasteiger partial charge in [-0.05, 0) is 24.3 Å². The highest BCUT2D eigenvalue weighted by Crippen LogP contribution is 2.32. The summed E-state index contributed by atoms with van der Waals surface area (Å²) in [5.74, 6) is 1.47. The Morgan fingerprint density at radius 3 is 2.69 bits per heavy atom. The largest absolute Gasteiger partial charge is 0.352 e. The van der Waals surface area contributed by atoms with Crippen molar-refractivity contribution in [2.75, 3.05) is 18.0 Å². The second kappa shape index (κ2) is 7.67. The molecule has 1 aliphatic rings. The summed E-state index contributed by atoms with van der Waals surface area (Å²) in [5, 5.41) is 8.50. The first-order valence-electron chi connectivity index (χ1n) is 11.3. The minimum Gasteiger partial charge on any atom is -0.352 e. The van der Waals surface area contributed by atoms with Crippen LogP contribution in [0.4, 0.5) is 5.82 Å². The molecule has 1 saturated heterocycles. The van der Waals surface area contributed by atoms with Crippen LogP contribution in [-0.4, -0.2) is 59.2 Å². The number of H-pyrrole nitrogens is 2. The van der Waals surface area contributed by atoms with E-state index in [1.165, 1.54) is 0 Å². The fraction of sp³-hybridized carbons (Fsp3) is 0.120. The molecule has 5 aromatic heterocycles. The van der Waals surface area contributed by atoms with Gasteiger partial charge >= 0.3 is 0 Å². The van der Waals surface area contributed by atoms with Gasteiger partial charge in [0.2, 0.25) is 0 Å². The summed E-state index contributed by atoms with van der Waals surface area (Å²) < 4.78 is 0. The van der Waals surface area contributed by atoms with Crippen molar-refractivity contribution < 1.29 is 0 Å². The SMILES string of the molecule is NC1CN(c2cncc(-c3cc4c(-c5nc6c(-c7ccccn7)cccc6[nH]5)n[nH]c4cn3)n2)C1. The average Bonchev–Trinajstić information content (AvgIpc) is 3.51. The monoisotopic (exact) mass is 460 g/mol. The minimum atomic E-state index is 0.186. The molecule has 0 unspecified atom stereocenters. The molecule has 0 spiro atoms. The molecule has 6 aromatic rings. The zero-order chi connectivity index (χ0) is 23.4. The summed E-state index contributed by atoms with van der Waals surface area (Å²) >= 11 is 0. The predicted molar refractivity (Wildman–Crippen MR) is 133 cm³/mol. The molecule has 1 fully saturated rings. The van der Waals surface area contributed by atoms with Crippen LogP contribution < -0.4 is 10.6 Å². The third-order valence-electron chi connectivity index (χ3n) is 6.24. The Bertz CT molecular complexity index is 1680. The van der Waals surface area contributed by atoms with Gasteiger partial charge in [-0.25, -0.2) is 9.97 Å². The molecule has 0 aliphatic carbocycles. The van der Waals surface area contributed by atoms with E-state index in [2.05, 4.69) is 35.0 Å². The van der Waals surface area contributed by atoms with Crippen LogP contribution in [-0.2, 0) is 0 Å². The number of fused-ring (bicyclic) bond motifs is 2. The molecule has 0 atom stereocenters. The summed E-state index contributed by atoms with van der Waals surface area (Å²) in [6, 6.07) is 14.0. The second-order valence-electron chi connectivity index (χ2n) is 8.62. The van der Waals surface area contributed by atoms with E-state index in [-0.39, 0.29) is 6.04 Å². The lowest BCUT2D eigenvalue weighted by molar-refractivity contribution is 0.514. The molecule has 0 radical (unpaired) electrons. The van der Waals surface area contributed by atoms with E-state index < -0.39 is 0 Å². The number of nitrogens with zero attached hydrogens (tertiary/aromatic N) is 7. The van der Waals surface area contributed by atoms with Crippen LogP contribution in [0.2, 0.25) is 0 Å². The summed E-state index contributed by atoms with van der Waals surface area (Å²) in [6.07, 6.45) is 7.02. The van der Waals surface area contributed by atoms with Crippen molar-refractivity contribution in [1.29, 1.82) is 0 Å². The molecule has 170 valence electrons. The zero-order valence-corrected chi connectivity index (χ0v) is 18.6. The first kappa shape index (κ1) is 19.7. The number of aromatic nitrogens is 8. The molecule has 7 rings (SSSR count). The number of nitrogens with one attached hydrogen (secondary N) is 2. The Morgan fingerprint density at radius 1 is 0.886 bits per heavy atom. The van der Waals surface area contributed by atoms with Gasteiger partial charge in [-0.15, -0.1) is 0 Å². The number of aromatic amines is 2. The van der Waals surface area contributed by atoms with Crippen molar-refractivity contribution in [3.8, 4) is 34.2 Å². The zero-order valence-electron chi connectivity index (χ0n) is 18.6. The smallest absolute Gasteiger partial charge is 0.159 e. The van der Waals surface area contributed by atoms with Gasteiger partial charge < -0.3 is 15.6 Å². The van der Waals surface area contributed by atoms with Gasteiger partial charge in [-0.2, -0.15) is 5.10 Å². The van der Waals surface area contributed by atoms with Gasteiger partial charge in [-0.3, -0.25) is 20.1 Å². The predicted octanol–water partition coefficient (Wildman–Crippen LogP) is 3.17. The van der Waals surface area contributed by atoms with Crippen molar-refractivity contribution in [3.63, 3.8) is 0 Å². The van der Waals surface area contributed by atoms with Crippen molar-refractivity contribution in [2.24, 2.45) is 5.73 Å². The second-order valence-corrected chi connectivity index (χ2v) is 8.62. The average molecular weight is 461 g/mol. The van der Waals surface area contributed by atoms with Gasteiger partial charge in [0, 0.05) is 36.3 Å². The van der Waals surface area contributed by atoms with E-state index >= 15 is 0 Å². The summed E-state index contributed by atoms with van der Waals surface area (Å²) in [6.45, 7) is 1.56. The molecular formula is C25H20N10. The molecule has 1 aliphatic heterocycles. The van der Waals surface area contributed by atoms with Crippen molar-refractivity contribution in [2.45, 2.75) is 6.04 Å². The summed E-state index contributed by atoms with van der Waals surface area (Å²) in [4.78, 5) is 28.6. The van der Waals surface area contributed by atoms with Crippen LogP contribution in [0.15, 0.2) is 67.3 Å². The van der Waals surface area contributed by atoms with Crippen molar-refractivity contribution >= 4 is 27.8 Å². The molecule has 4 N–H and O–H groups in total. The molecular weight excluding hydrogens is 440 g/mol. The third-order valence-corrected chi connectivity index (χ3v) is 6.24. The van der Waals surface area contributed by atoms with Gasteiger partial charge in [0.25, 0.3) is 0 Å². The Balaban J connectivity index is 1.31. The lowest BCUT2D eigenvalue weighted by Crippen LogP contribution is -2.56. The highest BCUT2D eigenvalue weighted by Gasteiger charge is 2.25. The molecule has 0 saturated carbocycles. The Kier molecular flexibility index (Phi) is 4.33. The van der Waals surface area contributed by atoms with E-state index in [1.54, 1.807) is 24.8 Å². The topological polar surface area (TPSA) is 138 Å². The number of para-hydroxylation sites is 1. The number of hydrogen-bond acceptors (Lipinski definition) is 8. The quantitative estimate of drug-likeness (QED) is 0.365. The van der Waals surface area contributed by atoms with Crippen LogP contribution in [0.1, 0.15) is 0 Å². The first-order chi connectivity index (χ1) is 17.2. The van der Waals surface area contributed by atoms with E-state index in [0.29, 0.717) is 22.9 Å². The number of rotatable bonds is 4. The summed E-state index contributed by atoms with van der Waals surface area (Å²) in [5.41, 5.74) is 12.5. The third kappa shape index (κ3) is 3.30. The fourth-order valence-corrected chi connectivity index (χ4v) is 4.44. The molecule has 6 heterocycles. The van der Waals surface area contributed by atoms with Gasteiger partial charge in [-0.1, -0.05) is 18.2 Å². The fourth-order valence-electron chi connectivity index (χ4n) is 4.44. The normalized spacial score (nSPS) is 14.0. The van der Waals surface area contributed by atoms with Crippen molar-refractivity contribution in [3.05, 3.63) is 67.3 Å². The highest BCUT2D eigenvalue weighted by molar-refractivity contribution is 5.97. The van der Waals surface area contributed by atoms with Gasteiger partial charge in [0.05, 0.1) is 46.5 Å². The maximum Gasteiger partial charge on any atom is 0.159 e. The van der Waals surface area contributed by atoms with Crippen LogP contribution >= 0.6 is 0 Å². The van der Waals surface area contributed by atoms with E-state index in [0.717, 1.165) is 52.1 Å². The maximum atomic E-state index is 5.92. The van der Waals surface area contributed by atoms with Gasteiger partial charge in [0.1, 0.15) is 17.2 Å². The highest BCUT2D eigenvalue weighted by atomic mass is 15.3. The van der Waals surface area contributed by atoms with E-state index in [9.17, 15) is 0 Å². The molecule has 10 nitrogen and oxygen atoms in total. The summed E-state index contributed by atoms with van der Waals surface area (Å²) in [7, 11) is 0. The molecule has 35 heavy (non-hydrogen) atoms. The number of hydrogen-bond donors (Lipinski definition) is 3. The Hall–Kier alpha value is -4.70. The van der Waals surface area contributed by atoms with Crippen LogP contribution in [0.25, 0.3) is 56.1 Å². The van der Waals surface area contributed by atoms with E-state index in [4.69, 9.17) is 15.7 Å².